The van der Waals surface area contributed by atoms with Gasteiger partial charge in [0, 0.05) is 18.4 Å². The number of rotatable bonds is 6. The average molecular weight is 376 g/mol. The number of amides is 1. The molecule has 0 aliphatic heterocycles. The van der Waals surface area contributed by atoms with Crippen LogP contribution in [0, 0.1) is 6.92 Å². The van der Waals surface area contributed by atoms with E-state index in [1.807, 2.05) is 25.1 Å². The van der Waals surface area contributed by atoms with E-state index in [9.17, 15) is 9.59 Å². The molecule has 2 N–H and O–H groups in total. The van der Waals surface area contributed by atoms with Crippen LogP contribution in [0.3, 0.4) is 0 Å². The number of aromatic nitrogens is 2. The van der Waals surface area contributed by atoms with E-state index in [0.717, 1.165) is 5.56 Å². The second kappa shape index (κ2) is 8.77. The monoisotopic (exact) mass is 376 g/mol. The number of carbonyl (C=O) groups is 2. The molecule has 0 radical (unpaired) electrons. The largest absolute Gasteiger partial charge is 0.465 e. The molecule has 142 valence electrons. The molecular weight excluding hydrogens is 356 g/mol. The van der Waals surface area contributed by atoms with Gasteiger partial charge in [-0.25, -0.2) is 14.8 Å². The summed E-state index contributed by atoms with van der Waals surface area (Å²) in [7, 11) is 1.32. The summed E-state index contributed by atoms with van der Waals surface area (Å²) in [4.78, 5) is 32.3. The van der Waals surface area contributed by atoms with Gasteiger partial charge in [-0.15, -0.1) is 0 Å². The number of carbonyl (C=O) groups excluding carboxylic acids is 2. The molecule has 0 atom stereocenters. The van der Waals surface area contributed by atoms with Crippen LogP contribution in [0.5, 0.6) is 0 Å². The van der Waals surface area contributed by atoms with Crippen molar-refractivity contribution in [1.29, 1.82) is 0 Å². The number of esters is 1. The maximum Gasteiger partial charge on any atom is 0.337 e. The van der Waals surface area contributed by atoms with Crippen molar-refractivity contribution in [3.05, 3.63) is 83.2 Å². The fraction of sp³-hybridized carbons (Fsp3) is 0.143. The van der Waals surface area contributed by atoms with Crippen LogP contribution in [-0.4, -0.2) is 29.0 Å². The maximum absolute atomic E-state index is 12.4. The summed E-state index contributed by atoms with van der Waals surface area (Å²) in [5, 5.41) is 5.86. The van der Waals surface area contributed by atoms with E-state index in [2.05, 4.69) is 31.4 Å². The third-order valence-electron chi connectivity index (χ3n) is 3.99. The van der Waals surface area contributed by atoms with Crippen molar-refractivity contribution in [2.45, 2.75) is 13.5 Å². The molecule has 28 heavy (non-hydrogen) atoms. The normalized spacial score (nSPS) is 10.2. The summed E-state index contributed by atoms with van der Waals surface area (Å²) >= 11 is 0. The Morgan fingerprint density at radius 3 is 2.57 bits per heavy atom. The molecule has 0 aliphatic carbocycles. The van der Waals surface area contributed by atoms with Crippen LogP contribution in [0.15, 0.2) is 60.8 Å². The number of nitrogens with zero attached hydrogens (tertiary/aromatic N) is 2. The lowest BCUT2D eigenvalue weighted by atomic mass is 10.1. The number of ether oxygens (including phenoxy) is 1. The van der Waals surface area contributed by atoms with Crippen LogP contribution in [0.4, 0.5) is 11.6 Å². The predicted octanol–water partition coefficient (Wildman–Crippen LogP) is 3.44. The molecule has 0 fully saturated rings. The molecule has 0 spiro atoms. The number of anilines is 2. The zero-order valence-corrected chi connectivity index (χ0v) is 15.6. The Morgan fingerprint density at radius 1 is 1.07 bits per heavy atom. The third-order valence-corrected chi connectivity index (χ3v) is 3.99. The number of benzene rings is 2. The average Bonchev–Trinajstić information content (AvgIpc) is 2.72. The van der Waals surface area contributed by atoms with Crippen LogP contribution < -0.4 is 10.6 Å². The highest BCUT2D eigenvalue weighted by Gasteiger charge is 2.10. The van der Waals surface area contributed by atoms with Crippen LogP contribution in [-0.2, 0) is 11.3 Å². The minimum absolute atomic E-state index is 0.235. The second-order valence-corrected chi connectivity index (χ2v) is 6.13. The van der Waals surface area contributed by atoms with E-state index in [-0.39, 0.29) is 11.6 Å². The van der Waals surface area contributed by atoms with Gasteiger partial charge in [-0.3, -0.25) is 4.79 Å². The lowest BCUT2D eigenvalue weighted by Crippen LogP contribution is -2.15. The van der Waals surface area contributed by atoms with E-state index in [1.165, 1.54) is 24.9 Å². The smallest absolute Gasteiger partial charge is 0.337 e. The van der Waals surface area contributed by atoms with Crippen LogP contribution in [0.1, 0.15) is 32.0 Å². The Labute approximate surface area is 162 Å². The fourth-order valence-corrected chi connectivity index (χ4v) is 2.58. The minimum Gasteiger partial charge on any atom is -0.465 e. The quantitative estimate of drug-likeness (QED) is 0.640. The first-order valence-corrected chi connectivity index (χ1v) is 8.67. The molecule has 0 saturated heterocycles. The number of nitrogens with one attached hydrogen (secondary N) is 2. The summed E-state index contributed by atoms with van der Waals surface area (Å²) in [6, 6.07) is 16.0. The van der Waals surface area contributed by atoms with Gasteiger partial charge in [0.25, 0.3) is 5.91 Å². The van der Waals surface area contributed by atoms with Gasteiger partial charge in [-0.05, 0) is 42.8 Å². The van der Waals surface area contributed by atoms with Crippen molar-refractivity contribution in [1.82, 2.24) is 9.97 Å². The Morgan fingerprint density at radius 2 is 1.86 bits per heavy atom. The first-order chi connectivity index (χ1) is 13.5. The third kappa shape index (κ3) is 4.91. The Hall–Kier alpha value is -3.74. The topological polar surface area (TPSA) is 93.2 Å². The number of methoxy groups -OCH3 is 1. The Balaban J connectivity index is 1.64. The maximum atomic E-state index is 12.4. The summed E-state index contributed by atoms with van der Waals surface area (Å²) in [6.45, 7) is 2.59. The molecule has 3 aromatic rings. The molecule has 7 nitrogen and oxygen atoms in total. The molecule has 0 saturated carbocycles. The van der Waals surface area contributed by atoms with E-state index >= 15 is 0 Å². The van der Waals surface area contributed by atoms with Gasteiger partial charge in [-0.2, -0.15) is 0 Å². The van der Waals surface area contributed by atoms with Crippen LogP contribution in [0.25, 0.3) is 0 Å². The highest BCUT2D eigenvalue weighted by Crippen LogP contribution is 2.12. The standard InChI is InChI=1S/C21H20N4O3/c1-14-4-3-5-15(12-14)13-23-21-22-11-10-18(25-21)19(26)24-17-8-6-16(7-9-17)20(27)28-2/h3-12H,13H2,1-2H3,(H,24,26)(H,22,23,25). The van der Waals surface area contributed by atoms with Crippen LogP contribution >= 0.6 is 0 Å². The molecule has 7 heteroatoms. The van der Waals surface area contributed by atoms with Gasteiger partial charge in [-0.1, -0.05) is 29.8 Å². The molecule has 0 aliphatic rings. The molecule has 0 unspecified atom stereocenters. The van der Waals surface area contributed by atoms with Gasteiger partial charge in [0.2, 0.25) is 5.95 Å². The van der Waals surface area contributed by atoms with E-state index in [4.69, 9.17) is 0 Å². The highest BCUT2D eigenvalue weighted by atomic mass is 16.5. The fourth-order valence-electron chi connectivity index (χ4n) is 2.58. The zero-order chi connectivity index (χ0) is 19.9. The lowest BCUT2D eigenvalue weighted by molar-refractivity contribution is 0.0600. The van der Waals surface area contributed by atoms with Crippen LogP contribution in [0.2, 0.25) is 0 Å². The first-order valence-electron chi connectivity index (χ1n) is 8.67. The predicted molar refractivity (Wildman–Crippen MR) is 106 cm³/mol. The van der Waals surface area contributed by atoms with E-state index in [1.54, 1.807) is 24.3 Å². The number of hydrogen-bond acceptors (Lipinski definition) is 6. The number of hydrogen-bond donors (Lipinski definition) is 2. The van der Waals surface area contributed by atoms with Gasteiger partial charge < -0.3 is 15.4 Å². The Kier molecular flexibility index (Phi) is 5.96. The molecule has 1 aromatic heterocycles. The van der Waals surface area contributed by atoms with E-state index < -0.39 is 5.97 Å². The molecule has 1 heterocycles. The lowest BCUT2D eigenvalue weighted by Gasteiger charge is -2.08. The van der Waals surface area contributed by atoms with Gasteiger partial charge in [0.15, 0.2) is 0 Å². The SMILES string of the molecule is COC(=O)c1ccc(NC(=O)c2ccnc(NCc3cccc(C)c3)n2)cc1. The minimum atomic E-state index is -0.432. The number of aryl methyl sites for hydroxylation is 1. The van der Waals surface area contributed by atoms with Gasteiger partial charge >= 0.3 is 5.97 Å². The highest BCUT2D eigenvalue weighted by molar-refractivity contribution is 6.03. The Bertz CT molecular complexity index is 987. The summed E-state index contributed by atoms with van der Waals surface area (Å²) in [5.74, 6) is -0.431. The van der Waals surface area contributed by atoms with Crippen molar-refractivity contribution >= 4 is 23.5 Å². The second-order valence-electron chi connectivity index (χ2n) is 6.13. The first kappa shape index (κ1) is 19.0. The van der Waals surface area contributed by atoms with Crippen molar-refractivity contribution in [3.8, 4) is 0 Å². The molecule has 0 bridgehead atoms. The van der Waals surface area contributed by atoms with Crippen molar-refractivity contribution < 1.29 is 14.3 Å². The van der Waals surface area contributed by atoms with E-state index in [0.29, 0.717) is 23.7 Å². The molecule has 1 amide bonds. The van der Waals surface area contributed by atoms with Gasteiger partial charge in [0.05, 0.1) is 12.7 Å². The van der Waals surface area contributed by atoms with Crippen molar-refractivity contribution in [2.75, 3.05) is 17.7 Å². The van der Waals surface area contributed by atoms with Crippen molar-refractivity contribution in [3.63, 3.8) is 0 Å². The zero-order valence-electron chi connectivity index (χ0n) is 15.6. The summed E-state index contributed by atoms with van der Waals surface area (Å²) in [6.07, 6.45) is 1.53. The molecular formula is C21H20N4O3. The molecule has 2 aromatic carbocycles. The van der Waals surface area contributed by atoms with Gasteiger partial charge in [0.1, 0.15) is 5.69 Å². The van der Waals surface area contributed by atoms with Crippen molar-refractivity contribution in [2.24, 2.45) is 0 Å². The summed E-state index contributed by atoms with van der Waals surface area (Å²) < 4.78 is 4.65. The summed E-state index contributed by atoms with van der Waals surface area (Å²) in [5.41, 5.74) is 3.46. The molecule has 3 rings (SSSR count).